The molecule has 0 saturated heterocycles. The first-order chi connectivity index (χ1) is 5.70. The van der Waals surface area contributed by atoms with Crippen molar-refractivity contribution in [3.63, 3.8) is 0 Å². The maximum absolute atomic E-state index is 3.53. The first kappa shape index (κ1) is 10.4. The minimum Gasteiger partial charge on any atom is -0.313 e. The molecular weight excluding hydrogens is 166 g/mol. The summed E-state index contributed by atoms with van der Waals surface area (Å²) in [5, 5.41) is 4.34. The number of rotatable bonds is 6. The third kappa shape index (κ3) is 4.36. The number of hydrogen-bond donors (Lipinski definition) is 1. The highest BCUT2D eigenvalue weighted by atomic mass is 32.2. The summed E-state index contributed by atoms with van der Waals surface area (Å²) in [4.78, 5) is 0. The van der Waals surface area contributed by atoms with Crippen molar-refractivity contribution in [1.82, 2.24) is 5.32 Å². The van der Waals surface area contributed by atoms with Gasteiger partial charge in [-0.15, -0.1) is 0 Å². The van der Waals surface area contributed by atoms with Crippen LogP contribution in [0.4, 0.5) is 0 Å². The molecule has 0 aromatic carbocycles. The third-order valence-corrected chi connectivity index (χ3v) is 3.94. The number of hydrogen-bond acceptors (Lipinski definition) is 2. The van der Waals surface area contributed by atoms with Gasteiger partial charge in [0, 0.05) is 23.6 Å². The van der Waals surface area contributed by atoms with Gasteiger partial charge in [0.2, 0.25) is 0 Å². The Morgan fingerprint density at radius 3 is 2.50 bits per heavy atom. The molecule has 0 radical (unpaired) electrons. The van der Waals surface area contributed by atoms with Gasteiger partial charge < -0.3 is 5.32 Å². The zero-order valence-electron chi connectivity index (χ0n) is 8.47. The average molecular weight is 187 g/mol. The fraction of sp³-hybridized carbons (Fsp3) is 1.00. The molecule has 1 fully saturated rings. The predicted octanol–water partition coefficient (Wildman–Crippen LogP) is 2.52. The van der Waals surface area contributed by atoms with Crippen LogP contribution in [0.5, 0.6) is 0 Å². The van der Waals surface area contributed by atoms with Crippen molar-refractivity contribution < 1.29 is 0 Å². The highest BCUT2D eigenvalue weighted by Crippen LogP contribution is 2.20. The Balaban J connectivity index is 1.86. The molecule has 0 aliphatic heterocycles. The van der Waals surface area contributed by atoms with E-state index in [2.05, 4.69) is 37.8 Å². The molecule has 12 heavy (non-hydrogen) atoms. The second kappa shape index (κ2) is 5.13. The Labute approximate surface area is 80.7 Å². The maximum atomic E-state index is 3.53. The lowest BCUT2D eigenvalue weighted by Crippen LogP contribution is -2.20. The third-order valence-electron chi connectivity index (χ3n) is 2.43. The average Bonchev–Trinajstić information content (AvgIpc) is 2.80. The summed E-state index contributed by atoms with van der Waals surface area (Å²) in [6.45, 7) is 8.12. The predicted molar refractivity (Wildman–Crippen MR) is 57.8 cm³/mol. The molecular formula is C10H21NS. The van der Waals surface area contributed by atoms with E-state index in [1.165, 1.54) is 25.1 Å². The fourth-order valence-electron chi connectivity index (χ4n) is 0.988. The molecule has 0 aromatic rings. The quantitative estimate of drug-likeness (QED) is 0.641. The largest absolute Gasteiger partial charge is 0.313 e. The molecule has 72 valence electrons. The summed E-state index contributed by atoms with van der Waals surface area (Å²) in [6.07, 6.45) is 2.81. The molecule has 0 aromatic heterocycles. The molecule has 1 aliphatic carbocycles. The smallest absolute Gasteiger partial charge is 0.00685 e. The van der Waals surface area contributed by atoms with E-state index in [1.807, 2.05) is 0 Å². The summed E-state index contributed by atoms with van der Waals surface area (Å²) in [6, 6.07) is 0.875. The molecule has 0 bridgehead atoms. The summed E-state index contributed by atoms with van der Waals surface area (Å²) < 4.78 is 0. The summed E-state index contributed by atoms with van der Waals surface area (Å²) in [7, 11) is 0. The van der Waals surface area contributed by atoms with Gasteiger partial charge in [0.1, 0.15) is 0 Å². The highest BCUT2D eigenvalue weighted by Gasteiger charge is 2.19. The molecule has 1 nitrogen and oxygen atoms in total. The zero-order chi connectivity index (χ0) is 8.97. The molecule has 1 N–H and O–H groups in total. The van der Waals surface area contributed by atoms with E-state index < -0.39 is 0 Å². The van der Waals surface area contributed by atoms with Crippen molar-refractivity contribution >= 4 is 11.8 Å². The minimum atomic E-state index is 0.811. The second-order valence-electron chi connectivity index (χ2n) is 4.05. The van der Waals surface area contributed by atoms with Crippen LogP contribution in [-0.4, -0.2) is 23.6 Å². The fourth-order valence-corrected chi connectivity index (χ4v) is 1.98. The molecule has 1 atom stereocenters. The van der Waals surface area contributed by atoms with Crippen molar-refractivity contribution in [3.05, 3.63) is 0 Å². The van der Waals surface area contributed by atoms with Crippen LogP contribution in [0.1, 0.15) is 33.6 Å². The first-order valence-electron chi connectivity index (χ1n) is 5.05. The van der Waals surface area contributed by atoms with Crippen LogP contribution in [0, 0.1) is 5.92 Å². The van der Waals surface area contributed by atoms with E-state index in [0.29, 0.717) is 0 Å². The van der Waals surface area contributed by atoms with Gasteiger partial charge in [0.05, 0.1) is 0 Å². The molecule has 0 heterocycles. The Hall–Kier alpha value is 0.310. The van der Waals surface area contributed by atoms with Crippen LogP contribution in [0.15, 0.2) is 0 Å². The van der Waals surface area contributed by atoms with Crippen LogP contribution in [-0.2, 0) is 0 Å². The second-order valence-corrected chi connectivity index (χ2v) is 5.53. The summed E-state index contributed by atoms with van der Waals surface area (Å²) >= 11 is 2.09. The lowest BCUT2D eigenvalue weighted by atomic mass is 10.2. The summed E-state index contributed by atoms with van der Waals surface area (Å²) in [5.74, 6) is 2.09. The van der Waals surface area contributed by atoms with Gasteiger partial charge in [-0.2, -0.15) is 11.8 Å². The van der Waals surface area contributed by atoms with Gasteiger partial charge in [-0.25, -0.2) is 0 Å². The minimum absolute atomic E-state index is 0.811. The lowest BCUT2D eigenvalue weighted by Gasteiger charge is -2.14. The summed E-state index contributed by atoms with van der Waals surface area (Å²) in [5.41, 5.74) is 0. The normalized spacial score (nSPS) is 20.0. The van der Waals surface area contributed by atoms with Crippen LogP contribution >= 0.6 is 11.8 Å². The lowest BCUT2D eigenvalue weighted by molar-refractivity contribution is 0.640. The first-order valence-corrected chi connectivity index (χ1v) is 6.10. The van der Waals surface area contributed by atoms with Gasteiger partial charge in [-0.1, -0.05) is 20.8 Å². The Kier molecular flexibility index (Phi) is 4.44. The Bertz CT molecular complexity index is 121. The van der Waals surface area contributed by atoms with Gasteiger partial charge in [0.15, 0.2) is 0 Å². The molecule has 2 heteroatoms. The molecule has 0 amide bonds. The molecule has 1 aliphatic rings. The zero-order valence-corrected chi connectivity index (χ0v) is 9.29. The van der Waals surface area contributed by atoms with Gasteiger partial charge in [-0.05, 0) is 18.8 Å². The van der Waals surface area contributed by atoms with Gasteiger partial charge >= 0.3 is 0 Å². The van der Waals surface area contributed by atoms with Gasteiger partial charge in [0.25, 0.3) is 0 Å². The van der Waals surface area contributed by atoms with Crippen molar-refractivity contribution in [3.8, 4) is 0 Å². The SMILES string of the molecule is CC(C)C(C)SCCNC1CC1. The van der Waals surface area contributed by atoms with E-state index in [4.69, 9.17) is 0 Å². The monoisotopic (exact) mass is 187 g/mol. The van der Waals surface area contributed by atoms with E-state index >= 15 is 0 Å². The van der Waals surface area contributed by atoms with E-state index in [1.54, 1.807) is 0 Å². The molecule has 1 saturated carbocycles. The van der Waals surface area contributed by atoms with Crippen molar-refractivity contribution in [1.29, 1.82) is 0 Å². The van der Waals surface area contributed by atoms with Crippen molar-refractivity contribution in [2.45, 2.75) is 44.9 Å². The Morgan fingerprint density at radius 1 is 1.33 bits per heavy atom. The van der Waals surface area contributed by atoms with Crippen LogP contribution in [0.2, 0.25) is 0 Å². The van der Waals surface area contributed by atoms with E-state index in [-0.39, 0.29) is 0 Å². The molecule has 1 rings (SSSR count). The van der Waals surface area contributed by atoms with Crippen molar-refractivity contribution in [2.75, 3.05) is 12.3 Å². The molecule has 1 unspecified atom stereocenters. The number of nitrogens with one attached hydrogen (secondary N) is 1. The van der Waals surface area contributed by atoms with Crippen LogP contribution < -0.4 is 5.32 Å². The van der Waals surface area contributed by atoms with E-state index in [9.17, 15) is 0 Å². The molecule has 0 spiro atoms. The van der Waals surface area contributed by atoms with Gasteiger partial charge in [-0.3, -0.25) is 0 Å². The van der Waals surface area contributed by atoms with Crippen LogP contribution in [0.3, 0.4) is 0 Å². The van der Waals surface area contributed by atoms with E-state index in [0.717, 1.165) is 17.2 Å². The number of thioether (sulfide) groups is 1. The standard InChI is InChI=1S/C10H21NS/c1-8(2)9(3)12-7-6-11-10-4-5-10/h8-11H,4-7H2,1-3H3. The van der Waals surface area contributed by atoms with Crippen molar-refractivity contribution in [2.24, 2.45) is 5.92 Å². The topological polar surface area (TPSA) is 12.0 Å². The maximum Gasteiger partial charge on any atom is 0.00685 e. The highest BCUT2D eigenvalue weighted by molar-refractivity contribution is 7.99. The Morgan fingerprint density at radius 2 is 2.00 bits per heavy atom. The van der Waals surface area contributed by atoms with Crippen LogP contribution in [0.25, 0.3) is 0 Å².